The van der Waals surface area contributed by atoms with Crippen LogP contribution in [0.25, 0.3) is 0 Å². The third-order valence-electron chi connectivity index (χ3n) is 3.36. The molecule has 1 unspecified atom stereocenters. The van der Waals surface area contributed by atoms with Gasteiger partial charge in [0.15, 0.2) is 0 Å². The maximum Gasteiger partial charge on any atom is 0.414 e. The van der Waals surface area contributed by atoms with Crippen LogP contribution in [0.2, 0.25) is 0 Å². The van der Waals surface area contributed by atoms with Crippen LogP contribution in [-0.2, 0) is 9.47 Å². The molecule has 1 atom stereocenters. The van der Waals surface area contributed by atoms with E-state index in [1.807, 2.05) is 0 Å². The molecule has 0 aliphatic carbocycles. The van der Waals surface area contributed by atoms with Crippen molar-refractivity contribution in [2.45, 2.75) is 6.10 Å². The average molecular weight is 298 g/mol. The summed E-state index contributed by atoms with van der Waals surface area (Å²) in [6, 6.07) is 4.56. The van der Waals surface area contributed by atoms with Crippen LogP contribution in [0.3, 0.4) is 0 Å². The lowest BCUT2D eigenvalue weighted by Gasteiger charge is -2.21. The number of carbonyl (C=O) groups excluding carboxylic acids is 1. The quantitative estimate of drug-likeness (QED) is 0.856. The summed E-state index contributed by atoms with van der Waals surface area (Å²) in [5.41, 5.74) is 0.847. The summed E-state index contributed by atoms with van der Waals surface area (Å²) in [6.07, 6.45) is -1.14. The van der Waals surface area contributed by atoms with Crippen molar-refractivity contribution in [2.24, 2.45) is 0 Å². The molecule has 0 spiro atoms. The molecule has 1 aromatic rings. The van der Waals surface area contributed by atoms with Crippen LogP contribution in [0.4, 0.5) is 20.6 Å². The average Bonchev–Trinajstić information content (AvgIpc) is 2.85. The third-order valence-corrected chi connectivity index (χ3v) is 3.36. The van der Waals surface area contributed by atoms with Crippen molar-refractivity contribution in [1.29, 1.82) is 0 Å². The Labute approximate surface area is 122 Å². The van der Waals surface area contributed by atoms with Gasteiger partial charge in [-0.15, -0.1) is 0 Å². The predicted molar refractivity (Wildman–Crippen MR) is 76.2 cm³/mol. The van der Waals surface area contributed by atoms with Crippen LogP contribution in [-0.4, -0.2) is 57.8 Å². The number of hydrogen-bond donors (Lipinski definition) is 1. The summed E-state index contributed by atoms with van der Waals surface area (Å²) < 4.78 is 24.1. The van der Waals surface area contributed by atoms with Gasteiger partial charge in [-0.1, -0.05) is 0 Å². The molecule has 21 heavy (non-hydrogen) atoms. The van der Waals surface area contributed by atoms with Crippen LogP contribution in [0, 0.1) is 5.82 Å². The van der Waals surface area contributed by atoms with Crippen LogP contribution >= 0.6 is 0 Å². The Bertz CT molecular complexity index is 512. The lowest BCUT2D eigenvalue weighted by molar-refractivity contribution is 0.0963. The van der Waals surface area contributed by atoms with Gasteiger partial charge in [-0.2, -0.15) is 0 Å². The van der Waals surface area contributed by atoms with Crippen LogP contribution in [0.15, 0.2) is 18.2 Å². The molecule has 1 amide bonds. The Balaban J connectivity index is 2.14. The highest BCUT2D eigenvalue weighted by Crippen LogP contribution is 2.27. The molecule has 2 rings (SSSR count). The number of hydrogen-bond acceptors (Lipinski definition) is 5. The number of methoxy groups -OCH3 is 1. The number of halogens is 1. The van der Waals surface area contributed by atoms with Gasteiger partial charge >= 0.3 is 6.09 Å². The zero-order valence-corrected chi connectivity index (χ0v) is 12.1. The van der Waals surface area contributed by atoms with E-state index in [-0.39, 0.29) is 13.2 Å². The molecule has 1 fully saturated rings. The van der Waals surface area contributed by atoms with Crippen molar-refractivity contribution in [2.75, 3.05) is 50.3 Å². The SMILES string of the molecule is COCCN(C)c1ccc(N2CC(CO)OC2=O)cc1F. The molecule has 0 bridgehead atoms. The third kappa shape index (κ3) is 3.43. The summed E-state index contributed by atoms with van der Waals surface area (Å²) in [4.78, 5) is 14.7. The minimum Gasteiger partial charge on any atom is -0.441 e. The minimum absolute atomic E-state index is 0.216. The summed E-state index contributed by atoms with van der Waals surface area (Å²) in [5, 5.41) is 9.01. The first-order valence-corrected chi connectivity index (χ1v) is 6.65. The zero-order chi connectivity index (χ0) is 15.4. The van der Waals surface area contributed by atoms with Gasteiger partial charge in [-0.25, -0.2) is 9.18 Å². The first-order chi connectivity index (χ1) is 10.1. The van der Waals surface area contributed by atoms with Crippen molar-refractivity contribution >= 4 is 17.5 Å². The second-order valence-corrected chi connectivity index (χ2v) is 4.85. The topological polar surface area (TPSA) is 62.2 Å². The lowest BCUT2D eigenvalue weighted by atomic mass is 10.2. The molecule has 1 aliphatic rings. The molecule has 1 aliphatic heterocycles. The van der Waals surface area contributed by atoms with Crippen molar-refractivity contribution < 1.29 is 23.8 Å². The standard InChI is InChI=1S/C14H19FN2O4/c1-16(5-6-20-2)13-4-3-10(7-12(13)15)17-8-11(9-18)21-14(17)19/h3-4,7,11,18H,5-6,8-9H2,1-2H3. The van der Waals surface area contributed by atoms with Gasteiger partial charge in [0.1, 0.15) is 11.9 Å². The van der Waals surface area contributed by atoms with Gasteiger partial charge < -0.3 is 19.5 Å². The van der Waals surface area contributed by atoms with E-state index >= 15 is 0 Å². The molecule has 1 aromatic carbocycles. The van der Waals surface area contributed by atoms with Crippen molar-refractivity contribution in [3.8, 4) is 0 Å². The van der Waals surface area contributed by atoms with Crippen molar-refractivity contribution in [1.82, 2.24) is 0 Å². The Kier molecular flexibility index (Phi) is 4.98. The molecule has 1 N–H and O–H groups in total. The molecular formula is C14H19FN2O4. The number of aliphatic hydroxyl groups excluding tert-OH is 1. The number of ether oxygens (including phenoxy) is 2. The van der Waals surface area contributed by atoms with Gasteiger partial charge in [0.05, 0.1) is 31.1 Å². The molecule has 6 nitrogen and oxygen atoms in total. The Morgan fingerprint density at radius 1 is 1.57 bits per heavy atom. The van der Waals surface area contributed by atoms with E-state index < -0.39 is 18.0 Å². The van der Waals surface area contributed by atoms with Crippen molar-refractivity contribution in [3.63, 3.8) is 0 Å². The highest BCUT2D eigenvalue weighted by molar-refractivity contribution is 5.90. The van der Waals surface area contributed by atoms with Gasteiger partial charge in [0, 0.05) is 20.7 Å². The Morgan fingerprint density at radius 2 is 2.33 bits per heavy atom. The highest BCUT2D eigenvalue weighted by Gasteiger charge is 2.32. The van der Waals surface area contributed by atoms with Crippen LogP contribution < -0.4 is 9.80 Å². The van der Waals surface area contributed by atoms with E-state index in [1.54, 1.807) is 31.2 Å². The molecule has 0 radical (unpaired) electrons. The number of anilines is 2. The lowest BCUT2D eigenvalue weighted by Crippen LogP contribution is -2.26. The van der Waals surface area contributed by atoms with E-state index in [4.69, 9.17) is 14.6 Å². The predicted octanol–water partition coefficient (Wildman–Crippen LogP) is 1.23. The number of nitrogens with zero attached hydrogens (tertiary/aromatic N) is 2. The first kappa shape index (κ1) is 15.5. The maximum atomic E-state index is 14.2. The van der Waals surface area contributed by atoms with Gasteiger partial charge in [-0.05, 0) is 18.2 Å². The highest BCUT2D eigenvalue weighted by atomic mass is 19.1. The molecule has 1 heterocycles. The van der Waals surface area contributed by atoms with Gasteiger partial charge in [0.25, 0.3) is 0 Å². The number of cyclic esters (lactones) is 1. The second-order valence-electron chi connectivity index (χ2n) is 4.85. The first-order valence-electron chi connectivity index (χ1n) is 6.65. The fourth-order valence-corrected chi connectivity index (χ4v) is 2.15. The minimum atomic E-state index is -0.575. The van der Waals surface area contributed by atoms with E-state index in [9.17, 15) is 9.18 Å². The smallest absolute Gasteiger partial charge is 0.414 e. The summed E-state index contributed by atoms with van der Waals surface area (Å²) >= 11 is 0. The number of likely N-dealkylation sites (N-methyl/N-ethyl adjacent to an activating group) is 1. The number of rotatable bonds is 6. The fourth-order valence-electron chi connectivity index (χ4n) is 2.15. The summed E-state index contributed by atoms with van der Waals surface area (Å²) in [5.74, 6) is -0.425. The summed E-state index contributed by atoms with van der Waals surface area (Å²) in [6.45, 7) is 1.02. The number of amides is 1. The van der Waals surface area contributed by atoms with Crippen LogP contribution in [0.1, 0.15) is 0 Å². The number of carbonyl (C=O) groups is 1. The van der Waals surface area contributed by atoms with Gasteiger partial charge in [0.2, 0.25) is 0 Å². The van der Waals surface area contributed by atoms with E-state index in [0.29, 0.717) is 24.5 Å². The molecule has 116 valence electrons. The van der Waals surface area contributed by atoms with E-state index in [2.05, 4.69) is 0 Å². The normalized spacial score (nSPS) is 18.0. The monoisotopic (exact) mass is 298 g/mol. The molecule has 1 saturated heterocycles. The zero-order valence-electron chi connectivity index (χ0n) is 12.1. The second kappa shape index (κ2) is 6.73. The largest absolute Gasteiger partial charge is 0.441 e. The molecule has 0 saturated carbocycles. The maximum absolute atomic E-state index is 14.2. The Morgan fingerprint density at radius 3 is 2.90 bits per heavy atom. The van der Waals surface area contributed by atoms with E-state index in [0.717, 1.165) is 0 Å². The van der Waals surface area contributed by atoms with Crippen molar-refractivity contribution in [3.05, 3.63) is 24.0 Å². The number of benzene rings is 1. The molecule has 7 heteroatoms. The van der Waals surface area contributed by atoms with Crippen LogP contribution in [0.5, 0.6) is 0 Å². The Hall–Kier alpha value is -1.86. The number of aliphatic hydroxyl groups is 1. The molecular weight excluding hydrogens is 279 g/mol. The van der Waals surface area contributed by atoms with E-state index in [1.165, 1.54) is 11.0 Å². The molecule has 0 aromatic heterocycles. The van der Waals surface area contributed by atoms with Gasteiger partial charge in [-0.3, -0.25) is 4.90 Å². The summed E-state index contributed by atoms with van der Waals surface area (Å²) in [7, 11) is 3.35. The fraction of sp³-hybridized carbons (Fsp3) is 0.500.